The van der Waals surface area contributed by atoms with Crippen LogP contribution in [0.2, 0.25) is 5.02 Å². The van der Waals surface area contributed by atoms with E-state index in [9.17, 15) is 9.59 Å². The van der Waals surface area contributed by atoms with Gasteiger partial charge >= 0.3 is 0 Å². The Kier molecular flexibility index (Phi) is 3.86. The van der Waals surface area contributed by atoms with Crippen molar-refractivity contribution in [3.8, 4) is 5.75 Å². The molecule has 2 aromatic rings. The van der Waals surface area contributed by atoms with Crippen molar-refractivity contribution in [2.24, 2.45) is 0 Å². The zero-order chi connectivity index (χ0) is 15.7. The molecule has 22 heavy (non-hydrogen) atoms. The molecular formula is C17H14ClNO3. The smallest absolute Gasteiger partial charge is 0.271 e. The topological polar surface area (TPSA) is 46.6 Å². The average Bonchev–Trinajstić information content (AvgIpc) is 2.53. The van der Waals surface area contributed by atoms with E-state index >= 15 is 0 Å². The predicted molar refractivity (Wildman–Crippen MR) is 84.4 cm³/mol. The molecule has 1 saturated heterocycles. The monoisotopic (exact) mass is 315 g/mol. The lowest BCUT2D eigenvalue weighted by Gasteiger charge is -2.44. The maximum absolute atomic E-state index is 12.4. The molecule has 2 atom stereocenters. The number of ether oxygens (including phenoxy) is 1. The second-order valence-electron chi connectivity index (χ2n) is 5.11. The summed E-state index contributed by atoms with van der Waals surface area (Å²) in [5.74, 6) is 0.292. The molecule has 1 aliphatic rings. The third-order valence-corrected chi connectivity index (χ3v) is 3.93. The number of rotatable bonds is 4. The van der Waals surface area contributed by atoms with E-state index in [0.29, 0.717) is 10.8 Å². The molecule has 3 rings (SSSR count). The molecule has 2 aromatic carbocycles. The molecule has 1 aliphatic heterocycles. The van der Waals surface area contributed by atoms with Crippen LogP contribution in [0.15, 0.2) is 48.5 Å². The lowest BCUT2D eigenvalue weighted by atomic mass is 9.96. The van der Waals surface area contributed by atoms with Gasteiger partial charge in [0.05, 0.1) is 0 Å². The number of anilines is 1. The highest BCUT2D eigenvalue weighted by molar-refractivity contribution is 6.30. The van der Waals surface area contributed by atoms with Crippen LogP contribution >= 0.6 is 11.6 Å². The highest BCUT2D eigenvalue weighted by atomic mass is 35.5. The Balaban J connectivity index is 1.81. The van der Waals surface area contributed by atoms with Gasteiger partial charge in [-0.05, 0) is 42.8 Å². The van der Waals surface area contributed by atoms with Crippen molar-refractivity contribution >= 4 is 29.5 Å². The number of aldehydes is 1. The van der Waals surface area contributed by atoms with Gasteiger partial charge in [0.1, 0.15) is 18.1 Å². The van der Waals surface area contributed by atoms with E-state index in [1.807, 2.05) is 31.2 Å². The van der Waals surface area contributed by atoms with Gasteiger partial charge in [0.15, 0.2) is 0 Å². The van der Waals surface area contributed by atoms with Crippen molar-refractivity contribution in [3.63, 3.8) is 0 Å². The van der Waals surface area contributed by atoms with Crippen molar-refractivity contribution in [2.75, 3.05) is 4.90 Å². The van der Waals surface area contributed by atoms with Gasteiger partial charge in [0, 0.05) is 10.7 Å². The number of halogens is 1. The third-order valence-electron chi connectivity index (χ3n) is 3.68. The number of carbonyl (C=O) groups excluding carboxylic acids is 2. The van der Waals surface area contributed by atoms with E-state index in [2.05, 4.69) is 0 Å². The lowest BCUT2D eigenvalue weighted by molar-refractivity contribution is -0.138. The van der Waals surface area contributed by atoms with E-state index in [1.54, 1.807) is 24.3 Å². The molecule has 1 fully saturated rings. The number of benzene rings is 2. The van der Waals surface area contributed by atoms with Gasteiger partial charge in [-0.25, -0.2) is 0 Å². The molecule has 0 aromatic heterocycles. The minimum absolute atomic E-state index is 0.221. The van der Waals surface area contributed by atoms with E-state index in [0.717, 1.165) is 17.5 Å². The van der Waals surface area contributed by atoms with Gasteiger partial charge in [0.25, 0.3) is 5.91 Å². The predicted octanol–water partition coefficient (Wildman–Crippen LogP) is 3.01. The Morgan fingerprint density at radius 3 is 2.45 bits per heavy atom. The van der Waals surface area contributed by atoms with Crippen molar-refractivity contribution < 1.29 is 14.3 Å². The van der Waals surface area contributed by atoms with Gasteiger partial charge in [-0.2, -0.15) is 0 Å². The summed E-state index contributed by atoms with van der Waals surface area (Å²) >= 11 is 5.81. The first kappa shape index (κ1) is 14.6. The molecule has 4 nitrogen and oxygen atoms in total. The first-order chi connectivity index (χ1) is 10.6. The van der Waals surface area contributed by atoms with Crippen LogP contribution in [-0.2, 0) is 9.59 Å². The van der Waals surface area contributed by atoms with Gasteiger partial charge in [-0.1, -0.05) is 29.8 Å². The summed E-state index contributed by atoms with van der Waals surface area (Å²) in [6.45, 7) is 1.90. The summed E-state index contributed by atoms with van der Waals surface area (Å²) in [5.41, 5.74) is 1.67. The zero-order valence-corrected chi connectivity index (χ0v) is 12.7. The number of amides is 1. The Morgan fingerprint density at radius 2 is 1.82 bits per heavy atom. The highest BCUT2D eigenvalue weighted by Gasteiger charge is 2.50. The Hall–Kier alpha value is -2.33. The minimum atomic E-state index is -0.793. The maximum Gasteiger partial charge on any atom is 0.271 e. The summed E-state index contributed by atoms with van der Waals surface area (Å²) in [6.07, 6.45) is -0.0488. The fraction of sp³-hybridized carbons (Fsp3) is 0.176. The van der Waals surface area contributed by atoms with Crippen LogP contribution < -0.4 is 9.64 Å². The number of aryl methyl sites for hydroxylation is 1. The Morgan fingerprint density at radius 1 is 1.14 bits per heavy atom. The van der Waals surface area contributed by atoms with Crippen molar-refractivity contribution in [3.05, 3.63) is 59.1 Å². The molecule has 0 spiro atoms. The van der Waals surface area contributed by atoms with Crippen molar-refractivity contribution in [1.82, 2.24) is 0 Å². The number of hydrogen-bond donors (Lipinski definition) is 0. The van der Waals surface area contributed by atoms with Crippen LogP contribution in [0.5, 0.6) is 5.75 Å². The molecule has 1 heterocycles. The molecule has 5 heteroatoms. The average molecular weight is 316 g/mol. The van der Waals surface area contributed by atoms with Crippen LogP contribution in [0.25, 0.3) is 0 Å². The molecule has 112 valence electrons. The number of para-hydroxylation sites is 1. The fourth-order valence-electron chi connectivity index (χ4n) is 2.51. The summed E-state index contributed by atoms with van der Waals surface area (Å²) in [4.78, 5) is 25.2. The summed E-state index contributed by atoms with van der Waals surface area (Å²) < 4.78 is 5.63. The second kappa shape index (κ2) is 5.81. The van der Waals surface area contributed by atoms with E-state index in [1.165, 1.54) is 4.90 Å². The van der Waals surface area contributed by atoms with Crippen LogP contribution in [0, 0.1) is 6.92 Å². The molecule has 0 radical (unpaired) electrons. The van der Waals surface area contributed by atoms with Crippen LogP contribution in [0.3, 0.4) is 0 Å². The molecule has 1 amide bonds. The summed E-state index contributed by atoms with van der Waals surface area (Å²) in [6, 6.07) is 13.5. The van der Waals surface area contributed by atoms with Crippen LogP contribution in [-0.4, -0.2) is 24.3 Å². The molecule has 0 N–H and O–H groups in total. The first-order valence-corrected chi connectivity index (χ1v) is 7.26. The molecule has 0 aliphatic carbocycles. The maximum atomic E-state index is 12.4. The minimum Gasteiger partial charge on any atom is -0.478 e. The molecular weight excluding hydrogens is 302 g/mol. The van der Waals surface area contributed by atoms with E-state index in [4.69, 9.17) is 16.3 Å². The van der Waals surface area contributed by atoms with Crippen LogP contribution in [0.4, 0.5) is 5.69 Å². The van der Waals surface area contributed by atoms with E-state index < -0.39 is 12.1 Å². The van der Waals surface area contributed by atoms with Crippen molar-refractivity contribution in [1.29, 1.82) is 0 Å². The van der Waals surface area contributed by atoms with Gasteiger partial charge < -0.3 is 9.53 Å². The second-order valence-corrected chi connectivity index (χ2v) is 5.55. The van der Waals surface area contributed by atoms with Crippen LogP contribution in [0.1, 0.15) is 5.56 Å². The number of carbonyl (C=O) groups is 2. The molecule has 0 saturated carbocycles. The zero-order valence-electron chi connectivity index (χ0n) is 11.9. The van der Waals surface area contributed by atoms with Gasteiger partial charge in [0.2, 0.25) is 6.10 Å². The van der Waals surface area contributed by atoms with E-state index in [-0.39, 0.29) is 5.91 Å². The highest BCUT2D eigenvalue weighted by Crippen LogP contribution is 2.32. The number of hydrogen-bond acceptors (Lipinski definition) is 3. The molecule has 0 bridgehead atoms. The summed E-state index contributed by atoms with van der Waals surface area (Å²) in [5, 5.41) is 0.584. The molecule has 0 unspecified atom stereocenters. The largest absolute Gasteiger partial charge is 0.478 e. The normalized spacial score (nSPS) is 20.5. The Bertz CT molecular complexity index is 714. The fourth-order valence-corrected chi connectivity index (χ4v) is 2.63. The number of nitrogens with zero attached hydrogens (tertiary/aromatic N) is 1. The quantitative estimate of drug-likeness (QED) is 0.643. The lowest BCUT2D eigenvalue weighted by Crippen LogP contribution is -2.68. The van der Waals surface area contributed by atoms with Gasteiger partial charge in [-0.15, -0.1) is 0 Å². The van der Waals surface area contributed by atoms with Crippen molar-refractivity contribution in [2.45, 2.75) is 19.1 Å². The third kappa shape index (κ3) is 2.46. The standard InChI is InChI=1S/C17H14ClNO3/c1-11-4-2-3-5-14(11)19-15(10-20)16(17(19)21)22-13-8-6-12(18)7-9-13/h2-10,15-16H,1H3/t15-,16-/m1/s1. The SMILES string of the molecule is Cc1ccccc1N1C(=O)[C@H](Oc2ccc(Cl)cc2)[C@H]1C=O. The Labute approximate surface area is 133 Å². The number of β-lactam (4-membered cyclic amide) rings is 1. The summed E-state index contributed by atoms with van der Waals surface area (Å²) in [7, 11) is 0. The first-order valence-electron chi connectivity index (χ1n) is 6.88. The van der Waals surface area contributed by atoms with Gasteiger partial charge in [-0.3, -0.25) is 9.69 Å².